The molecule has 7 N–H and O–H groups in total. The summed E-state index contributed by atoms with van der Waals surface area (Å²) in [5.41, 5.74) is -0.224. The zero-order chi connectivity index (χ0) is 31.8. The summed E-state index contributed by atoms with van der Waals surface area (Å²) in [6.45, 7) is 4.50. The highest BCUT2D eigenvalue weighted by Gasteiger charge is 2.48. The van der Waals surface area contributed by atoms with Crippen LogP contribution in [0.15, 0.2) is 41.1 Å². The van der Waals surface area contributed by atoms with Gasteiger partial charge in [-0.25, -0.2) is 14.4 Å². The summed E-state index contributed by atoms with van der Waals surface area (Å²) in [6.07, 6.45) is -3.00. The minimum absolute atomic E-state index is 0.0294. The van der Waals surface area contributed by atoms with Gasteiger partial charge in [-0.2, -0.15) is 0 Å². The Kier molecular flexibility index (Phi) is 9.13. The summed E-state index contributed by atoms with van der Waals surface area (Å²) in [7, 11) is 0. The number of ether oxygens (including phenoxy) is 3. The third-order valence-electron chi connectivity index (χ3n) is 7.03. The van der Waals surface area contributed by atoms with Gasteiger partial charge < -0.3 is 54.9 Å². The van der Waals surface area contributed by atoms with E-state index in [1.165, 1.54) is 35.4 Å². The molecule has 3 heterocycles. The van der Waals surface area contributed by atoms with Gasteiger partial charge in [0.25, 0.3) is 0 Å². The zero-order valence-electron chi connectivity index (χ0n) is 23.5. The van der Waals surface area contributed by atoms with Gasteiger partial charge in [0.1, 0.15) is 36.2 Å². The first-order chi connectivity index (χ1) is 20.1. The number of benzene rings is 1. The largest absolute Gasteiger partial charge is 0.504 e. The molecule has 3 aliphatic heterocycles. The lowest BCUT2D eigenvalue weighted by Crippen LogP contribution is -2.62. The Morgan fingerprint density at radius 2 is 1.79 bits per heavy atom. The maximum atomic E-state index is 12.1. The Balaban J connectivity index is 1.64. The highest BCUT2D eigenvalue weighted by Crippen LogP contribution is 2.42. The lowest BCUT2D eigenvalue weighted by atomic mass is 9.98. The fraction of sp³-hybridized carbons (Fsp3) is 0.500. The molecule has 0 saturated carbocycles. The highest BCUT2D eigenvalue weighted by atomic mass is 16.7. The molecule has 3 aliphatic rings. The summed E-state index contributed by atoms with van der Waals surface area (Å²) in [6, 6.07) is 0.201. The van der Waals surface area contributed by atoms with Crippen molar-refractivity contribution in [3.8, 4) is 11.5 Å². The van der Waals surface area contributed by atoms with E-state index in [9.17, 15) is 50.1 Å². The van der Waals surface area contributed by atoms with Crippen LogP contribution in [0.3, 0.4) is 0 Å². The number of aliphatic hydroxyl groups is 3. The van der Waals surface area contributed by atoms with Crippen LogP contribution in [-0.2, 0) is 30.3 Å². The molecule has 0 aromatic heterocycles. The molecule has 0 amide bonds. The van der Waals surface area contributed by atoms with Gasteiger partial charge in [0.05, 0.1) is 12.2 Å². The van der Waals surface area contributed by atoms with Gasteiger partial charge in [-0.15, -0.1) is 0 Å². The second kappa shape index (κ2) is 12.3. The van der Waals surface area contributed by atoms with Crippen LogP contribution >= 0.6 is 0 Å². The Bertz CT molecular complexity index is 1360. The van der Waals surface area contributed by atoms with E-state index in [0.717, 1.165) is 0 Å². The molecule has 1 aromatic rings. The second-order valence-corrected chi connectivity index (χ2v) is 11.3. The van der Waals surface area contributed by atoms with E-state index in [2.05, 4.69) is 4.99 Å². The number of hydrogen-bond acceptors (Lipinski definition) is 12. The summed E-state index contributed by atoms with van der Waals surface area (Å²) >= 11 is 0. The maximum absolute atomic E-state index is 12.1. The number of nitrogens with zero attached hydrogens (tertiary/aromatic N) is 2. The van der Waals surface area contributed by atoms with E-state index >= 15 is 0 Å². The Morgan fingerprint density at radius 1 is 1.09 bits per heavy atom. The lowest BCUT2D eigenvalue weighted by molar-refractivity contribution is -0.302. The van der Waals surface area contributed by atoms with Crippen molar-refractivity contribution >= 4 is 29.3 Å². The number of aromatic hydroxyl groups is 1. The van der Waals surface area contributed by atoms with E-state index in [4.69, 9.17) is 14.2 Å². The van der Waals surface area contributed by atoms with Crippen LogP contribution < -0.4 is 9.64 Å². The number of anilines is 1. The Hall–Kier alpha value is -4.02. The minimum Gasteiger partial charge on any atom is -0.504 e. The molecule has 0 bridgehead atoms. The Morgan fingerprint density at radius 3 is 2.37 bits per heavy atom. The minimum atomic E-state index is -1.51. The number of carbonyl (C=O) groups is 3. The molecule has 43 heavy (non-hydrogen) atoms. The van der Waals surface area contributed by atoms with Crippen LogP contribution in [0.2, 0.25) is 0 Å². The first-order valence-corrected chi connectivity index (χ1v) is 13.4. The number of aliphatic hydroxyl groups excluding tert-OH is 3. The monoisotopic (exact) mass is 606 g/mol. The summed E-state index contributed by atoms with van der Waals surface area (Å²) in [5.74, 6) is -4.48. The molecular formula is C28H34N2O13. The van der Waals surface area contributed by atoms with Crippen molar-refractivity contribution in [2.45, 2.75) is 82.0 Å². The fourth-order valence-electron chi connectivity index (χ4n) is 5.03. The maximum Gasteiger partial charge on any atom is 0.354 e. The number of aliphatic carboxylic acids is 3. The van der Waals surface area contributed by atoms with E-state index < -0.39 is 84.4 Å². The van der Waals surface area contributed by atoms with Gasteiger partial charge in [0.15, 0.2) is 17.5 Å². The molecule has 0 aliphatic carbocycles. The van der Waals surface area contributed by atoms with Crippen molar-refractivity contribution in [2.75, 3.05) is 11.5 Å². The normalized spacial score (nSPS) is 29.2. The molecule has 7 atom stereocenters. The smallest absolute Gasteiger partial charge is 0.354 e. The van der Waals surface area contributed by atoms with Gasteiger partial charge in [0.2, 0.25) is 6.29 Å². The van der Waals surface area contributed by atoms with Crippen molar-refractivity contribution in [1.29, 1.82) is 0 Å². The molecule has 15 nitrogen and oxygen atoms in total. The predicted molar refractivity (Wildman–Crippen MR) is 147 cm³/mol. The van der Waals surface area contributed by atoms with E-state index in [1.807, 2.05) is 0 Å². The molecule has 0 radical (unpaired) electrons. The van der Waals surface area contributed by atoms with Crippen LogP contribution in [0.25, 0.3) is 0 Å². The van der Waals surface area contributed by atoms with Gasteiger partial charge >= 0.3 is 17.9 Å². The number of rotatable bonds is 9. The number of phenols is 1. The Labute approximate surface area is 245 Å². The average Bonchev–Trinajstić information content (AvgIpc) is 3.28. The van der Waals surface area contributed by atoms with Crippen molar-refractivity contribution in [2.24, 2.45) is 4.99 Å². The number of phenolic OH excluding ortho intramolecular Hbond substituents is 1. The SMILES string of the molecule is CC(C)(C)O[C@H]1[C@H](Oc2cc3c(cc2O)N(/C=C/C2=CC(C(=O)O)=N[C@H](C(=O)O)C2)[C@H](C(=O)O)C3)O[C@H](CO)[C@@H](O)[C@@H]1O. The van der Waals surface area contributed by atoms with Gasteiger partial charge in [-0.3, -0.25) is 4.99 Å². The summed E-state index contributed by atoms with van der Waals surface area (Å²) in [5, 5.41) is 70.1. The van der Waals surface area contributed by atoms with Crippen molar-refractivity contribution in [3.63, 3.8) is 0 Å². The fourth-order valence-corrected chi connectivity index (χ4v) is 5.03. The van der Waals surface area contributed by atoms with Crippen molar-refractivity contribution < 1.29 is 64.3 Å². The highest BCUT2D eigenvalue weighted by molar-refractivity contribution is 6.41. The van der Waals surface area contributed by atoms with E-state index in [0.29, 0.717) is 16.8 Å². The molecule has 1 fully saturated rings. The topological polar surface area (TPSA) is 236 Å². The van der Waals surface area contributed by atoms with Crippen LogP contribution in [0.5, 0.6) is 11.5 Å². The number of dihydropyridines is 1. The second-order valence-electron chi connectivity index (χ2n) is 11.3. The first-order valence-electron chi connectivity index (χ1n) is 13.4. The van der Waals surface area contributed by atoms with E-state index in [-0.39, 0.29) is 18.6 Å². The molecular weight excluding hydrogens is 572 g/mol. The number of fused-ring (bicyclic) bond motifs is 1. The molecule has 4 rings (SSSR count). The lowest BCUT2D eigenvalue weighted by Gasteiger charge is -2.43. The third-order valence-corrected chi connectivity index (χ3v) is 7.03. The van der Waals surface area contributed by atoms with Crippen LogP contribution in [-0.4, -0.2) is 114 Å². The molecule has 1 aromatic carbocycles. The standard InChI is InChI=1S/C28H34N2O13/c1-28(2,3)43-23-22(34)21(33)20(11-31)42-27(23)41-19-9-13-8-17(26(39)40)30(16(13)10-18(19)32)5-4-12-6-14(24(35)36)29-15(7-12)25(37)38/h4-6,9-10,15,17,20-23,27,31-34H,7-8,11H2,1-3H3,(H,35,36)(H,37,38)(H,39,40)/b5-4+/t15-,17-,20+,21+,22-,23+,27+/m0/s1. The molecule has 1 saturated heterocycles. The predicted octanol–water partition coefficient (Wildman–Crippen LogP) is 0.0320. The number of carboxylic acids is 3. The molecule has 15 heteroatoms. The number of hydrogen-bond donors (Lipinski definition) is 7. The number of carboxylic acid groups (broad SMARTS) is 3. The van der Waals surface area contributed by atoms with Crippen LogP contribution in [0, 0.1) is 0 Å². The van der Waals surface area contributed by atoms with E-state index in [1.54, 1.807) is 20.8 Å². The van der Waals surface area contributed by atoms with Crippen molar-refractivity contribution in [3.05, 3.63) is 41.6 Å². The molecule has 0 unspecified atom stereocenters. The number of allylic oxidation sites excluding steroid dienone is 1. The van der Waals surface area contributed by atoms with Crippen LogP contribution in [0.1, 0.15) is 32.8 Å². The molecule has 0 spiro atoms. The van der Waals surface area contributed by atoms with Gasteiger partial charge in [-0.05, 0) is 50.1 Å². The summed E-state index contributed by atoms with van der Waals surface area (Å²) < 4.78 is 17.4. The number of aliphatic imine (C=N–C) groups is 1. The molecule has 234 valence electrons. The summed E-state index contributed by atoms with van der Waals surface area (Å²) in [4.78, 5) is 40.1. The zero-order valence-corrected chi connectivity index (χ0v) is 23.5. The van der Waals surface area contributed by atoms with Gasteiger partial charge in [0, 0.05) is 30.8 Å². The average molecular weight is 607 g/mol. The van der Waals surface area contributed by atoms with Gasteiger partial charge in [-0.1, -0.05) is 0 Å². The quantitative estimate of drug-likeness (QED) is 0.196. The van der Waals surface area contributed by atoms with Crippen molar-refractivity contribution in [1.82, 2.24) is 0 Å². The first kappa shape index (κ1) is 31.9. The third kappa shape index (κ3) is 6.97. The van der Waals surface area contributed by atoms with Crippen LogP contribution in [0.4, 0.5) is 5.69 Å².